The van der Waals surface area contributed by atoms with E-state index in [-0.39, 0.29) is 46.2 Å². The Morgan fingerprint density at radius 1 is 1.15 bits per heavy atom. The molecule has 1 atom stereocenters. The highest BCUT2D eigenvalue weighted by Crippen LogP contribution is 2.50. The number of ether oxygens (including phenoxy) is 2. The molecule has 1 unspecified atom stereocenters. The van der Waals surface area contributed by atoms with Crippen LogP contribution in [0.25, 0.3) is 0 Å². The molecule has 0 aliphatic heterocycles. The van der Waals surface area contributed by atoms with Crippen molar-refractivity contribution in [3.8, 4) is 11.5 Å². The van der Waals surface area contributed by atoms with Gasteiger partial charge in [-0.3, -0.25) is 14.6 Å². The lowest BCUT2D eigenvalue weighted by molar-refractivity contribution is -0.128. The van der Waals surface area contributed by atoms with Gasteiger partial charge in [-0.2, -0.15) is 0 Å². The summed E-state index contributed by atoms with van der Waals surface area (Å²) in [4.78, 5) is 29.6. The fraction of sp³-hybridized carbons (Fsp3) is 0.458. The van der Waals surface area contributed by atoms with Gasteiger partial charge < -0.3 is 20.1 Å². The summed E-state index contributed by atoms with van der Waals surface area (Å²) in [5.74, 6) is -0.0740. The molecule has 3 aliphatic carbocycles. The van der Waals surface area contributed by atoms with Crippen molar-refractivity contribution >= 4 is 23.4 Å². The van der Waals surface area contributed by atoms with Crippen molar-refractivity contribution < 1.29 is 23.5 Å². The highest BCUT2D eigenvalue weighted by atomic mass is 35.5. The van der Waals surface area contributed by atoms with E-state index in [1.54, 1.807) is 25.4 Å². The SMILES string of the molecule is COc1ccnc(C(=O)NC23CCC(NC(=O)COc4ccc(Cl)c(F)c4)(CC2)C(C)C3)c1. The Balaban J connectivity index is 1.35. The molecule has 3 fully saturated rings. The van der Waals surface area contributed by atoms with Gasteiger partial charge >= 0.3 is 0 Å². The number of benzene rings is 1. The smallest absolute Gasteiger partial charge is 0.270 e. The Kier molecular flexibility index (Phi) is 6.47. The van der Waals surface area contributed by atoms with Crippen LogP contribution in [0, 0.1) is 11.7 Å². The first-order valence-electron chi connectivity index (χ1n) is 11.0. The monoisotopic (exact) mass is 475 g/mol. The number of nitrogens with one attached hydrogen (secondary N) is 2. The largest absolute Gasteiger partial charge is 0.497 e. The number of aromatic nitrogens is 1. The maximum atomic E-state index is 13.6. The highest BCUT2D eigenvalue weighted by molar-refractivity contribution is 6.30. The Bertz CT molecular complexity index is 1060. The molecular formula is C24H27ClFN3O4. The van der Waals surface area contributed by atoms with Crippen molar-refractivity contribution in [1.82, 2.24) is 15.6 Å². The van der Waals surface area contributed by atoms with Crippen LogP contribution in [-0.2, 0) is 4.79 Å². The van der Waals surface area contributed by atoms with Gasteiger partial charge in [0.1, 0.15) is 23.0 Å². The Hall–Kier alpha value is -2.87. The number of hydrogen-bond acceptors (Lipinski definition) is 5. The van der Waals surface area contributed by atoms with Crippen LogP contribution < -0.4 is 20.1 Å². The van der Waals surface area contributed by atoms with Crippen LogP contribution in [0.15, 0.2) is 36.5 Å². The fourth-order valence-electron chi connectivity index (χ4n) is 5.07. The van der Waals surface area contributed by atoms with Gasteiger partial charge in [-0.25, -0.2) is 4.39 Å². The molecule has 5 rings (SSSR count). The average Bonchev–Trinajstić information content (AvgIpc) is 2.81. The Labute approximate surface area is 197 Å². The summed E-state index contributed by atoms with van der Waals surface area (Å²) < 4.78 is 24.2. The molecular weight excluding hydrogens is 449 g/mol. The van der Waals surface area contributed by atoms with E-state index in [2.05, 4.69) is 22.5 Å². The minimum Gasteiger partial charge on any atom is -0.497 e. The van der Waals surface area contributed by atoms with E-state index in [1.165, 1.54) is 12.1 Å². The second-order valence-electron chi connectivity index (χ2n) is 8.99. The molecule has 3 aliphatic rings. The second-order valence-corrected chi connectivity index (χ2v) is 9.40. The van der Waals surface area contributed by atoms with Gasteiger partial charge in [-0.1, -0.05) is 18.5 Å². The van der Waals surface area contributed by atoms with Gasteiger partial charge in [0, 0.05) is 29.4 Å². The summed E-state index contributed by atoms with van der Waals surface area (Å²) in [6, 6.07) is 7.39. The second kappa shape index (κ2) is 9.17. The molecule has 176 valence electrons. The Morgan fingerprint density at radius 2 is 1.91 bits per heavy atom. The van der Waals surface area contributed by atoms with Crippen molar-refractivity contribution in [2.24, 2.45) is 5.92 Å². The zero-order valence-corrected chi connectivity index (χ0v) is 19.4. The molecule has 2 N–H and O–H groups in total. The van der Waals surface area contributed by atoms with E-state index in [9.17, 15) is 14.0 Å². The zero-order chi connectivity index (χ0) is 23.6. The Morgan fingerprint density at radius 3 is 2.58 bits per heavy atom. The number of hydrogen-bond donors (Lipinski definition) is 2. The molecule has 7 nitrogen and oxygen atoms in total. The molecule has 2 aromatic rings. The predicted molar refractivity (Wildman–Crippen MR) is 121 cm³/mol. The predicted octanol–water partition coefficient (Wildman–Crippen LogP) is 3.90. The number of methoxy groups -OCH3 is 1. The zero-order valence-electron chi connectivity index (χ0n) is 18.6. The van der Waals surface area contributed by atoms with E-state index in [0.717, 1.165) is 38.2 Å². The van der Waals surface area contributed by atoms with Crippen LogP contribution in [0.4, 0.5) is 4.39 Å². The van der Waals surface area contributed by atoms with E-state index < -0.39 is 5.82 Å². The number of halogens is 2. The van der Waals surface area contributed by atoms with Gasteiger partial charge in [-0.05, 0) is 56.2 Å². The van der Waals surface area contributed by atoms with Gasteiger partial charge in [0.15, 0.2) is 6.61 Å². The topological polar surface area (TPSA) is 89.5 Å². The van der Waals surface area contributed by atoms with Gasteiger partial charge in [-0.15, -0.1) is 0 Å². The van der Waals surface area contributed by atoms with Gasteiger partial charge in [0.2, 0.25) is 0 Å². The molecule has 2 bridgehead atoms. The summed E-state index contributed by atoms with van der Waals surface area (Å²) in [6.45, 7) is 1.89. The maximum absolute atomic E-state index is 13.6. The summed E-state index contributed by atoms with van der Waals surface area (Å²) in [7, 11) is 1.55. The number of carbonyl (C=O) groups is 2. The normalized spacial score (nSPS) is 25.9. The minimum atomic E-state index is -0.594. The van der Waals surface area contributed by atoms with Gasteiger partial charge in [0.25, 0.3) is 11.8 Å². The first-order valence-corrected chi connectivity index (χ1v) is 11.3. The average molecular weight is 476 g/mol. The van der Waals surface area contributed by atoms with E-state index in [4.69, 9.17) is 21.1 Å². The number of nitrogens with zero attached hydrogens (tertiary/aromatic N) is 1. The van der Waals surface area contributed by atoms with Crippen molar-refractivity contribution in [3.05, 3.63) is 53.1 Å². The molecule has 1 heterocycles. The van der Waals surface area contributed by atoms with Crippen molar-refractivity contribution in [2.45, 2.75) is 50.1 Å². The van der Waals surface area contributed by atoms with Crippen LogP contribution in [0.3, 0.4) is 0 Å². The minimum absolute atomic E-state index is 0.00156. The molecule has 3 saturated carbocycles. The van der Waals surface area contributed by atoms with E-state index in [0.29, 0.717) is 11.4 Å². The van der Waals surface area contributed by atoms with Crippen LogP contribution in [0.2, 0.25) is 5.02 Å². The van der Waals surface area contributed by atoms with Crippen LogP contribution >= 0.6 is 11.6 Å². The highest BCUT2D eigenvalue weighted by Gasteiger charge is 2.54. The molecule has 33 heavy (non-hydrogen) atoms. The number of fused-ring (bicyclic) bond motifs is 3. The molecule has 0 radical (unpaired) electrons. The van der Waals surface area contributed by atoms with Crippen LogP contribution in [-0.4, -0.2) is 41.6 Å². The quantitative estimate of drug-likeness (QED) is 0.634. The number of pyridine rings is 1. The lowest BCUT2D eigenvalue weighted by Crippen LogP contribution is -2.67. The third-order valence-electron chi connectivity index (χ3n) is 6.97. The number of rotatable bonds is 7. The van der Waals surface area contributed by atoms with Crippen molar-refractivity contribution in [2.75, 3.05) is 13.7 Å². The van der Waals surface area contributed by atoms with E-state index in [1.807, 2.05) is 0 Å². The van der Waals surface area contributed by atoms with Crippen LogP contribution in [0.1, 0.15) is 49.5 Å². The van der Waals surface area contributed by atoms with E-state index >= 15 is 0 Å². The first-order chi connectivity index (χ1) is 15.7. The molecule has 0 saturated heterocycles. The molecule has 1 aromatic carbocycles. The summed E-state index contributed by atoms with van der Waals surface area (Å²) >= 11 is 5.68. The lowest BCUT2D eigenvalue weighted by atomic mass is 9.56. The van der Waals surface area contributed by atoms with Crippen molar-refractivity contribution in [3.63, 3.8) is 0 Å². The van der Waals surface area contributed by atoms with Crippen LogP contribution in [0.5, 0.6) is 11.5 Å². The molecule has 0 spiro atoms. The third-order valence-corrected chi connectivity index (χ3v) is 7.27. The molecule has 2 amide bonds. The summed E-state index contributed by atoms with van der Waals surface area (Å²) in [5.41, 5.74) is -0.333. The first kappa shape index (κ1) is 23.3. The summed E-state index contributed by atoms with van der Waals surface area (Å²) in [5, 5.41) is 6.36. The standard InChI is InChI=1S/C24H27ClFN3O4/c1-15-13-23(29-22(31)20-12-16(32-2)5-10-27-20)6-8-24(15,9-7-23)28-21(30)14-33-17-3-4-18(25)19(26)11-17/h3-5,10-12,15H,6-9,13-14H2,1-2H3,(H,28,30)(H,29,31). The maximum Gasteiger partial charge on any atom is 0.270 e. The van der Waals surface area contributed by atoms with Crippen molar-refractivity contribution in [1.29, 1.82) is 0 Å². The molecule has 1 aromatic heterocycles. The lowest BCUT2D eigenvalue weighted by Gasteiger charge is -2.57. The number of carbonyl (C=O) groups excluding carboxylic acids is 2. The third kappa shape index (κ3) is 4.90. The fourth-order valence-corrected chi connectivity index (χ4v) is 5.19. The van der Waals surface area contributed by atoms with Gasteiger partial charge in [0.05, 0.1) is 12.1 Å². The summed E-state index contributed by atoms with van der Waals surface area (Å²) in [6.07, 6.45) is 5.33. The number of amides is 2. The molecule has 9 heteroatoms.